The second-order valence-electron chi connectivity index (χ2n) is 5.07. The van der Waals surface area contributed by atoms with Gasteiger partial charge in [-0.05, 0) is 17.7 Å². The van der Waals surface area contributed by atoms with Gasteiger partial charge in [-0.2, -0.15) is 0 Å². The van der Waals surface area contributed by atoms with E-state index in [4.69, 9.17) is 0 Å². The molecule has 0 atom stereocenters. The summed E-state index contributed by atoms with van der Waals surface area (Å²) in [4.78, 5) is 5.86. The second kappa shape index (κ2) is 6.20. The number of nitrogens with zero attached hydrogens (tertiary/aromatic N) is 1. The van der Waals surface area contributed by atoms with Crippen LogP contribution in [0.5, 0.6) is 0 Å². The van der Waals surface area contributed by atoms with E-state index >= 15 is 0 Å². The Balaban J connectivity index is 0.00000156. The number of fused-ring (bicyclic) bond motifs is 4. The molecule has 2 aromatic carbocycles. The number of thioether (sulfide) groups is 1. The molecule has 1 heterocycles. The van der Waals surface area contributed by atoms with Crippen molar-refractivity contribution in [2.45, 2.75) is 11.3 Å². The van der Waals surface area contributed by atoms with E-state index in [0.717, 1.165) is 21.7 Å². The van der Waals surface area contributed by atoms with Gasteiger partial charge >= 0.3 is 29.6 Å². The van der Waals surface area contributed by atoms with Gasteiger partial charge < -0.3 is 4.55 Å². The molecule has 2 aliphatic rings. The van der Waals surface area contributed by atoms with Crippen LogP contribution in [-0.4, -0.2) is 18.7 Å². The van der Waals surface area contributed by atoms with Crippen molar-refractivity contribution in [1.82, 2.24) is 0 Å². The third kappa shape index (κ3) is 2.95. The first-order valence-corrected chi connectivity index (χ1v) is 8.90. The summed E-state index contributed by atoms with van der Waals surface area (Å²) in [6.45, 7) is 0. The normalized spacial score (nSPS) is 15.8. The van der Waals surface area contributed by atoms with E-state index in [1.807, 2.05) is 48.5 Å². The van der Waals surface area contributed by atoms with Crippen molar-refractivity contribution in [2.75, 3.05) is 0 Å². The van der Waals surface area contributed by atoms with Crippen LogP contribution in [0.2, 0.25) is 0 Å². The molecule has 0 saturated heterocycles. The molecule has 0 unspecified atom stereocenters. The largest absolute Gasteiger partial charge is 1.00 e. The van der Waals surface area contributed by atoms with E-state index in [9.17, 15) is 13.0 Å². The summed E-state index contributed by atoms with van der Waals surface area (Å²) < 4.78 is 35.0. The second-order valence-corrected chi connectivity index (χ2v) is 7.52. The molecule has 0 radical (unpaired) electrons. The monoisotopic (exact) mass is 351 g/mol. The fourth-order valence-electron chi connectivity index (χ4n) is 2.70. The molecule has 1 aliphatic heterocycles. The topological polar surface area (TPSA) is 69.6 Å². The van der Waals surface area contributed by atoms with Gasteiger partial charge in [0.15, 0.2) is 0 Å². The van der Waals surface area contributed by atoms with E-state index < -0.39 is 10.1 Å². The van der Waals surface area contributed by atoms with Gasteiger partial charge in [0.2, 0.25) is 0 Å². The maximum absolute atomic E-state index is 11.7. The summed E-state index contributed by atoms with van der Waals surface area (Å²) in [6.07, 6.45) is 0.130. The van der Waals surface area contributed by atoms with Crippen LogP contribution in [0.25, 0.3) is 0 Å². The van der Waals surface area contributed by atoms with Crippen LogP contribution >= 0.6 is 11.8 Å². The number of aliphatic imine (C=N–C) groups is 1. The molecular weight excluding hydrogens is 341 g/mol. The first-order chi connectivity index (χ1) is 10.5. The van der Waals surface area contributed by atoms with E-state index in [1.165, 1.54) is 11.8 Å². The van der Waals surface area contributed by atoms with Gasteiger partial charge in [0.25, 0.3) is 0 Å². The fourth-order valence-corrected chi connectivity index (χ4v) is 4.81. The molecule has 0 bridgehead atoms. The van der Waals surface area contributed by atoms with Crippen LogP contribution in [0.15, 0.2) is 68.2 Å². The predicted molar refractivity (Wildman–Crippen MR) is 85.4 cm³/mol. The van der Waals surface area contributed by atoms with E-state index in [-0.39, 0.29) is 40.9 Å². The quantitative estimate of drug-likeness (QED) is 0.545. The minimum absolute atomic E-state index is 0. The van der Waals surface area contributed by atoms with Crippen molar-refractivity contribution in [3.63, 3.8) is 0 Å². The molecule has 0 N–H and O–H groups in total. The van der Waals surface area contributed by atoms with Crippen LogP contribution in [0.1, 0.15) is 11.1 Å². The van der Waals surface area contributed by atoms with E-state index in [2.05, 4.69) is 4.99 Å². The first-order valence-electron chi connectivity index (χ1n) is 6.67. The molecule has 7 heteroatoms. The van der Waals surface area contributed by atoms with Crippen molar-refractivity contribution < 1.29 is 42.5 Å². The minimum atomic E-state index is -4.51. The molecule has 0 amide bonds. The van der Waals surface area contributed by atoms with Crippen molar-refractivity contribution in [1.29, 1.82) is 0 Å². The number of rotatable bonds is 1. The SMILES string of the molecule is O=S(=O)([O-])C1=C2Sc3ccccc3N=C2c2ccccc2C1.[Na+]. The Hall–Kier alpha value is -0.890. The van der Waals surface area contributed by atoms with Gasteiger partial charge in [-0.15, -0.1) is 0 Å². The standard InChI is InChI=1S/C16H11NO3S2.Na/c18-22(19,20)14-9-10-5-1-2-6-11(10)15-16(14)21-13-8-4-3-7-12(13)17-15;/h1-8H,9H2,(H,18,19,20);/q;+1/p-1. The molecule has 4 nitrogen and oxygen atoms in total. The van der Waals surface area contributed by atoms with Gasteiger partial charge in [0.1, 0.15) is 10.1 Å². The average molecular weight is 351 g/mol. The van der Waals surface area contributed by atoms with Gasteiger partial charge in [0, 0.05) is 16.9 Å². The van der Waals surface area contributed by atoms with Crippen LogP contribution in [0.3, 0.4) is 0 Å². The smallest absolute Gasteiger partial charge is 0.744 e. The molecule has 110 valence electrons. The predicted octanol–water partition coefficient (Wildman–Crippen LogP) is 0.230. The Bertz CT molecular complexity index is 965. The van der Waals surface area contributed by atoms with Gasteiger partial charge in [-0.1, -0.05) is 48.2 Å². The zero-order valence-electron chi connectivity index (χ0n) is 12.3. The summed E-state index contributed by atoms with van der Waals surface area (Å²) in [5.41, 5.74) is 3.09. The molecule has 4 rings (SSSR count). The van der Waals surface area contributed by atoms with Crippen molar-refractivity contribution >= 4 is 33.3 Å². The van der Waals surface area contributed by atoms with Crippen molar-refractivity contribution in [2.24, 2.45) is 4.99 Å². The molecule has 1 aliphatic carbocycles. The number of hydrogen-bond acceptors (Lipinski definition) is 5. The summed E-state index contributed by atoms with van der Waals surface area (Å²) in [5.74, 6) is 0. The Morgan fingerprint density at radius 2 is 1.74 bits per heavy atom. The van der Waals surface area contributed by atoms with Crippen LogP contribution in [0, 0.1) is 0 Å². The maximum atomic E-state index is 11.7. The Labute approximate surface area is 160 Å². The van der Waals surface area contributed by atoms with Gasteiger partial charge in [-0.3, -0.25) is 0 Å². The number of para-hydroxylation sites is 1. The van der Waals surface area contributed by atoms with Gasteiger partial charge in [0.05, 0.1) is 21.2 Å². The zero-order valence-corrected chi connectivity index (χ0v) is 15.9. The summed E-state index contributed by atoms with van der Waals surface area (Å²) in [7, 11) is -4.51. The minimum Gasteiger partial charge on any atom is -0.744 e. The third-order valence-corrected chi connectivity index (χ3v) is 5.99. The van der Waals surface area contributed by atoms with Gasteiger partial charge in [-0.25, -0.2) is 13.4 Å². The summed E-state index contributed by atoms with van der Waals surface area (Å²) >= 11 is 1.31. The molecule has 0 spiro atoms. The number of benzene rings is 2. The maximum Gasteiger partial charge on any atom is 1.00 e. The molecular formula is C16H10NNaO3S2. The van der Waals surface area contributed by atoms with E-state index in [1.54, 1.807) is 0 Å². The number of hydrogen-bond donors (Lipinski definition) is 0. The van der Waals surface area contributed by atoms with Crippen LogP contribution in [0.4, 0.5) is 5.69 Å². The Kier molecular flexibility index (Phi) is 4.57. The van der Waals surface area contributed by atoms with Crippen LogP contribution in [-0.2, 0) is 16.5 Å². The molecule has 23 heavy (non-hydrogen) atoms. The summed E-state index contributed by atoms with van der Waals surface area (Å²) in [6, 6.07) is 15.0. The van der Waals surface area contributed by atoms with Crippen LogP contribution < -0.4 is 29.6 Å². The molecule has 0 aromatic heterocycles. The van der Waals surface area contributed by atoms with Crippen molar-refractivity contribution in [3.8, 4) is 0 Å². The Morgan fingerprint density at radius 3 is 2.52 bits per heavy atom. The van der Waals surface area contributed by atoms with E-state index in [0.29, 0.717) is 10.6 Å². The fraction of sp³-hybridized carbons (Fsp3) is 0.0625. The molecule has 0 saturated carbocycles. The third-order valence-electron chi connectivity index (χ3n) is 3.70. The molecule has 0 fully saturated rings. The Morgan fingerprint density at radius 1 is 1.04 bits per heavy atom. The van der Waals surface area contributed by atoms with Crippen molar-refractivity contribution in [3.05, 3.63) is 69.5 Å². The number of allylic oxidation sites excluding steroid dienone is 2. The molecule has 2 aromatic rings. The zero-order chi connectivity index (χ0) is 15.3. The average Bonchev–Trinajstić information content (AvgIpc) is 2.51. The first kappa shape index (κ1) is 17.0. The summed E-state index contributed by atoms with van der Waals surface area (Å²) in [5, 5.41) is 0.